The van der Waals surface area contributed by atoms with E-state index in [-0.39, 0.29) is 41.2 Å². The van der Waals surface area contributed by atoms with Crippen LogP contribution in [0, 0.1) is 6.92 Å². The van der Waals surface area contributed by atoms with Crippen LogP contribution in [0.5, 0.6) is 5.75 Å². The molecule has 0 bridgehead atoms. The lowest BCUT2D eigenvalue weighted by atomic mass is 9.90. The summed E-state index contributed by atoms with van der Waals surface area (Å²) in [5, 5.41) is 3.18. The number of rotatable bonds is 5. The molecular formula is C24H21IN2O3. The van der Waals surface area contributed by atoms with Crippen LogP contribution >= 0.6 is 0 Å². The Kier molecular flexibility index (Phi) is 6.66. The van der Waals surface area contributed by atoms with Crippen molar-refractivity contribution in [2.75, 3.05) is 11.9 Å². The molecule has 0 saturated heterocycles. The van der Waals surface area contributed by atoms with Crippen molar-refractivity contribution in [3.8, 4) is 5.75 Å². The van der Waals surface area contributed by atoms with E-state index in [1.54, 1.807) is 41.2 Å². The first-order chi connectivity index (χ1) is 14.1. The fourth-order valence-corrected chi connectivity index (χ4v) is 3.36. The second kappa shape index (κ2) is 9.21. The quantitative estimate of drug-likeness (QED) is 0.411. The van der Waals surface area contributed by atoms with Gasteiger partial charge in [0, 0.05) is 23.3 Å². The molecule has 4 rings (SSSR count). The molecule has 0 saturated carbocycles. The van der Waals surface area contributed by atoms with Crippen LogP contribution in [0.3, 0.4) is 0 Å². The van der Waals surface area contributed by atoms with E-state index in [2.05, 4.69) is 5.32 Å². The van der Waals surface area contributed by atoms with Gasteiger partial charge in [0.15, 0.2) is 18.1 Å². The first kappa shape index (κ1) is 21.7. The van der Waals surface area contributed by atoms with Crippen molar-refractivity contribution in [1.29, 1.82) is 0 Å². The minimum Gasteiger partial charge on any atom is -1.00 e. The summed E-state index contributed by atoms with van der Waals surface area (Å²) in [6.45, 7) is 4.36. The van der Waals surface area contributed by atoms with E-state index in [1.165, 1.54) is 0 Å². The van der Waals surface area contributed by atoms with E-state index in [1.807, 2.05) is 50.2 Å². The Labute approximate surface area is 192 Å². The summed E-state index contributed by atoms with van der Waals surface area (Å²) in [7, 11) is 0. The SMILES string of the molecule is CCOc1ccccc1NC1=C([n+]2ccc(C)cc2)C(=O)c2ccccc2C1=O.[I-]. The monoisotopic (exact) mass is 512 g/mol. The number of allylic oxidation sites excluding steroid dienone is 2. The van der Waals surface area contributed by atoms with E-state index in [9.17, 15) is 9.59 Å². The number of para-hydroxylation sites is 2. The zero-order chi connectivity index (χ0) is 20.4. The summed E-state index contributed by atoms with van der Waals surface area (Å²) < 4.78 is 7.37. The first-order valence-corrected chi connectivity index (χ1v) is 9.50. The summed E-state index contributed by atoms with van der Waals surface area (Å²) in [5.74, 6) is 0.190. The molecule has 0 aliphatic heterocycles. The van der Waals surface area contributed by atoms with Crippen molar-refractivity contribution >= 4 is 23.0 Å². The lowest BCUT2D eigenvalue weighted by molar-refractivity contribution is -0.577. The fourth-order valence-electron chi connectivity index (χ4n) is 3.36. The molecule has 6 heteroatoms. The number of hydrogen-bond donors (Lipinski definition) is 1. The summed E-state index contributed by atoms with van der Waals surface area (Å²) in [6, 6.07) is 18.1. The topological polar surface area (TPSA) is 59.3 Å². The lowest BCUT2D eigenvalue weighted by Gasteiger charge is -2.19. The van der Waals surface area contributed by atoms with E-state index in [0.717, 1.165) is 5.56 Å². The van der Waals surface area contributed by atoms with Crippen molar-refractivity contribution in [3.05, 3.63) is 95.4 Å². The Morgan fingerprint density at radius 2 is 1.47 bits per heavy atom. The van der Waals surface area contributed by atoms with Gasteiger partial charge in [-0.05, 0) is 31.5 Å². The Morgan fingerprint density at radius 3 is 2.13 bits per heavy atom. The average molecular weight is 512 g/mol. The van der Waals surface area contributed by atoms with E-state index < -0.39 is 0 Å². The van der Waals surface area contributed by atoms with Crippen molar-refractivity contribution in [2.24, 2.45) is 0 Å². The minimum atomic E-state index is -0.227. The zero-order valence-electron chi connectivity index (χ0n) is 16.7. The second-order valence-corrected chi connectivity index (χ2v) is 6.76. The molecule has 0 unspecified atom stereocenters. The van der Waals surface area contributed by atoms with Crippen molar-refractivity contribution in [1.82, 2.24) is 0 Å². The highest BCUT2D eigenvalue weighted by atomic mass is 127. The van der Waals surface area contributed by atoms with Gasteiger partial charge in [-0.15, -0.1) is 0 Å². The molecule has 0 amide bonds. The molecule has 1 aromatic heterocycles. The number of carbonyl (C=O) groups is 2. The number of hydrogen-bond acceptors (Lipinski definition) is 4. The van der Waals surface area contributed by atoms with Crippen LogP contribution in [0.2, 0.25) is 0 Å². The van der Waals surface area contributed by atoms with Crippen LogP contribution < -0.4 is 38.6 Å². The number of benzene rings is 2. The number of pyridine rings is 1. The van der Waals surface area contributed by atoms with Crippen LogP contribution in [-0.2, 0) is 0 Å². The standard InChI is InChI=1S/C24H20N2O3.HI/c1-3-29-20-11-7-6-10-19(20)25-21-22(26-14-12-16(2)13-15-26)24(28)18-9-5-4-8-17(18)23(21)27;/h4-15H,3H2,1-2H3;1H. The summed E-state index contributed by atoms with van der Waals surface area (Å²) in [5.41, 5.74) is 3.02. The maximum atomic E-state index is 13.4. The van der Waals surface area contributed by atoms with Gasteiger partial charge in [0.2, 0.25) is 5.78 Å². The molecule has 1 aliphatic carbocycles. The molecule has 152 valence electrons. The molecule has 1 aliphatic rings. The van der Waals surface area contributed by atoms with Gasteiger partial charge in [-0.3, -0.25) is 9.59 Å². The number of carbonyl (C=O) groups excluding carboxylic acids is 2. The molecule has 30 heavy (non-hydrogen) atoms. The van der Waals surface area contributed by atoms with Crippen LogP contribution in [0.25, 0.3) is 5.70 Å². The number of ketones is 2. The van der Waals surface area contributed by atoms with Crippen molar-refractivity contribution in [2.45, 2.75) is 13.8 Å². The zero-order valence-corrected chi connectivity index (χ0v) is 18.8. The minimum absolute atomic E-state index is 0. The molecule has 0 atom stereocenters. The van der Waals surface area contributed by atoms with E-state index in [4.69, 9.17) is 4.74 Å². The highest BCUT2D eigenvalue weighted by molar-refractivity contribution is 6.36. The first-order valence-electron chi connectivity index (χ1n) is 9.50. The number of aryl methyl sites for hydroxylation is 1. The summed E-state index contributed by atoms with van der Waals surface area (Å²) in [4.78, 5) is 26.7. The number of halogens is 1. The van der Waals surface area contributed by atoms with Crippen molar-refractivity contribution < 1.29 is 42.9 Å². The number of nitrogens with zero attached hydrogens (tertiary/aromatic N) is 1. The maximum Gasteiger partial charge on any atom is 0.286 e. The third-order valence-electron chi connectivity index (χ3n) is 4.80. The average Bonchev–Trinajstić information content (AvgIpc) is 2.74. The van der Waals surface area contributed by atoms with Gasteiger partial charge in [-0.1, -0.05) is 36.4 Å². The van der Waals surface area contributed by atoms with Gasteiger partial charge in [0.05, 0.1) is 12.3 Å². The third-order valence-corrected chi connectivity index (χ3v) is 4.80. The van der Waals surface area contributed by atoms with Crippen LogP contribution in [0.1, 0.15) is 33.2 Å². The molecular weight excluding hydrogens is 491 g/mol. The Balaban J connectivity index is 0.00000256. The number of nitrogens with one attached hydrogen (secondary N) is 1. The van der Waals surface area contributed by atoms with Gasteiger partial charge in [-0.2, -0.15) is 4.57 Å². The highest BCUT2D eigenvalue weighted by Crippen LogP contribution is 2.31. The molecule has 0 radical (unpaired) electrons. The highest BCUT2D eigenvalue weighted by Gasteiger charge is 2.38. The molecule has 0 fully saturated rings. The molecule has 5 nitrogen and oxygen atoms in total. The van der Waals surface area contributed by atoms with Crippen LogP contribution in [0.4, 0.5) is 5.69 Å². The molecule has 2 aromatic carbocycles. The van der Waals surface area contributed by atoms with Crippen molar-refractivity contribution in [3.63, 3.8) is 0 Å². The Bertz CT molecular complexity index is 1140. The predicted octanol–water partition coefficient (Wildman–Crippen LogP) is 1.05. The fraction of sp³-hybridized carbons (Fsp3) is 0.125. The predicted molar refractivity (Wildman–Crippen MR) is 111 cm³/mol. The number of aromatic nitrogens is 1. The van der Waals surface area contributed by atoms with Gasteiger partial charge in [0.1, 0.15) is 5.75 Å². The third kappa shape index (κ3) is 4.00. The second-order valence-electron chi connectivity index (χ2n) is 6.76. The van der Waals surface area contributed by atoms with Crippen LogP contribution in [-0.4, -0.2) is 18.2 Å². The molecule has 0 spiro atoms. The largest absolute Gasteiger partial charge is 1.00 e. The smallest absolute Gasteiger partial charge is 0.286 e. The van der Waals surface area contributed by atoms with E-state index in [0.29, 0.717) is 34.9 Å². The molecule has 1 N–H and O–H groups in total. The number of fused-ring (bicyclic) bond motifs is 1. The lowest BCUT2D eigenvalue weighted by Crippen LogP contribution is -3.00. The van der Waals surface area contributed by atoms with Gasteiger partial charge >= 0.3 is 0 Å². The molecule has 3 aromatic rings. The van der Waals surface area contributed by atoms with Crippen LogP contribution in [0.15, 0.2) is 78.8 Å². The van der Waals surface area contributed by atoms with Gasteiger partial charge in [0.25, 0.3) is 11.5 Å². The summed E-state index contributed by atoms with van der Waals surface area (Å²) >= 11 is 0. The number of Topliss-reactive ketones (excluding diaryl/α,β-unsaturated/α-hetero) is 2. The van der Waals surface area contributed by atoms with E-state index >= 15 is 0 Å². The number of ether oxygens (including phenoxy) is 1. The van der Waals surface area contributed by atoms with Gasteiger partial charge in [-0.25, -0.2) is 0 Å². The molecule has 1 heterocycles. The maximum absolute atomic E-state index is 13.4. The summed E-state index contributed by atoms with van der Waals surface area (Å²) in [6.07, 6.45) is 3.58. The normalized spacial score (nSPS) is 12.9. The van der Waals surface area contributed by atoms with Gasteiger partial charge < -0.3 is 34.0 Å². The number of anilines is 1. The Morgan fingerprint density at radius 1 is 0.867 bits per heavy atom. The Hall–Kier alpha value is -3.00.